The van der Waals surface area contributed by atoms with Crippen LogP contribution in [0.3, 0.4) is 0 Å². The van der Waals surface area contributed by atoms with E-state index in [4.69, 9.17) is 16.9 Å². The summed E-state index contributed by atoms with van der Waals surface area (Å²) in [4.78, 5) is 11.9. The smallest absolute Gasteiger partial charge is 0.256 e. The number of allylic oxidation sites excluding steroid dienone is 1. The molecule has 0 saturated carbocycles. The average molecular weight is 283 g/mol. The number of carbonyl (C=O) groups excluding carboxylic acids is 1. The summed E-state index contributed by atoms with van der Waals surface area (Å²) in [5.74, 6) is -0.313. The van der Waals surface area contributed by atoms with E-state index in [1.807, 2.05) is 12.1 Å². The van der Waals surface area contributed by atoms with Crippen molar-refractivity contribution in [2.45, 2.75) is 0 Å². The molecule has 98 valence electrons. The van der Waals surface area contributed by atoms with E-state index < -0.39 is 0 Å². The molecule has 0 aromatic heterocycles. The Balaban J connectivity index is 2.16. The van der Waals surface area contributed by atoms with Crippen LogP contribution in [0.15, 0.2) is 60.3 Å². The van der Waals surface area contributed by atoms with Gasteiger partial charge in [0.15, 0.2) is 0 Å². The predicted octanol–water partition coefficient (Wildman–Crippen LogP) is 3.63. The first kappa shape index (κ1) is 13.9. The topological polar surface area (TPSA) is 52.9 Å². The molecular weight excluding hydrogens is 272 g/mol. The minimum atomic E-state index is -0.313. The Kier molecular flexibility index (Phi) is 4.54. The predicted molar refractivity (Wildman–Crippen MR) is 79.0 cm³/mol. The van der Waals surface area contributed by atoms with E-state index in [9.17, 15) is 4.79 Å². The van der Waals surface area contributed by atoms with Crippen molar-refractivity contribution in [3.05, 3.63) is 76.4 Å². The van der Waals surface area contributed by atoms with Crippen LogP contribution in [0.2, 0.25) is 5.02 Å². The van der Waals surface area contributed by atoms with Gasteiger partial charge in [-0.05, 0) is 35.9 Å². The number of benzene rings is 2. The van der Waals surface area contributed by atoms with Gasteiger partial charge in [0.1, 0.15) is 11.8 Å². The van der Waals surface area contributed by atoms with E-state index in [1.165, 1.54) is 0 Å². The van der Waals surface area contributed by atoms with E-state index in [0.29, 0.717) is 10.6 Å². The van der Waals surface area contributed by atoms with Gasteiger partial charge in [0, 0.05) is 10.6 Å². The standard InChI is InChI=1S/C16H11ClN2O/c17-14-8-6-12(7-9-14)10-15(11-18)19-16(20)13-4-2-1-3-5-13/h1-10H,(H,19,20)/b15-10-. The molecule has 0 spiro atoms. The summed E-state index contributed by atoms with van der Waals surface area (Å²) in [6.45, 7) is 0. The van der Waals surface area contributed by atoms with E-state index in [0.717, 1.165) is 5.56 Å². The Morgan fingerprint density at radius 1 is 1.10 bits per heavy atom. The molecule has 1 N–H and O–H groups in total. The highest BCUT2D eigenvalue weighted by Crippen LogP contribution is 2.12. The summed E-state index contributed by atoms with van der Waals surface area (Å²) in [5.41, 5.74) is 1.48. The third-order valence-electron chi connectivity index (χ3n) is 2.59. The molecule has 2 aromatic carbocycles. The van der Waals surface area contributed by atoms with Gasteiger partial charge < -0.3 is 5.32 Å². The zero-order chi connectivity index (χ0) is 14.4. The van der Waals surface area contributed by atoms with Crippen molar-refractivity contribution < 1.29 is 4.79 Å². The minimum Gasteiger partial charge on any atom is -0.313 e. The van der Waals surface area contributed by atoms with Gasteiger partial charge in [0.05, 0.1) is 0 Å². The summed E-state index contributed by atoms with van der Waals surface area (Å²) in [6.07, 6.45) is 1.59. The Hall–Kier alpha value is -2.57. The summed E-state index contributed by atoms with van der Waals surface area (Å²) in [6, 6.07) is 17.7. The molecule has 0 radical (unpaired) electrons. The number of nitrogens with zero attached hydrogens (tertiary/aromatic N) is 1. The lowest BCUT2D eigenvalue weighted by Crippen LogP contribution is -2.21. The van der Waals surface area contributed by atoms with Crippen LogP contribution >= 0.6 is 11.6 Å². The second kappa shape index (κ2) is 6.55. The van der Waals surface area contributed by atoms with Crippen LogP contribution in [-0.4, -0.2) is 5.91 Å². The number of hydrogen-bond acceptors (Lipinski definition) is 2. The molecule has 20 heavy (non-hydrogen) atoms. The third kappa shape index (κ3) is 3.71. The number of hydrogen-bond donors (Lipinski definition) is 1. The van der Waals surface area contributed by atoms with E-state index >= 15 is 0 Å². The van der Waals surface area contributed by atoms with Crippen molar-refractivity contribution in [3.8, 4) is 6.07 Å². The number of amides is 1. The lowest BCUT2D eigenvalue weighted by molar-refractivity contribution is 0.0968. The van der Waals surface area contributed by atoms with Gasteiger partial charge in [-0.15, -0.1) is 0 Å². The van der Waals surface area contributed by atoms with Crippen LogP contribution in [0.5, 0.6) is 0 Å². The molecule has 0 heterocycles. The summed E-state index contributed by atoms with van der Waals surface area (Å²) >= 11 is 5.79. The lowest BCUT2D eigenvalue weighted by Gasteiger charge is -2.03. The maximum absolute atomic E-state index is 11.9. The highest BCUT2D eigenvalue weighted by Gasteiger charge is 2.06. The van der Waals surface area contributed by atoms with Crippen LogP contribution in [0.1, 0.15) is 15.9 Å². The first-order valence-corrected chi connectivity index (χ1v) is 6.30. The zero-order valence-electron chi connectivity index (χ0n) is 10.5. The molecule has 0 aliphatic rings. The van der Waals surface area contributed by atoms with Gasteiger partial charge >= 0.3 is 0 Å². The first-order valence-electron chi connectivity index (χ1n) is 5.93. The van der Waals surface area contributed by atoms with Crippen molar-refractivity contribution in [2.75, 3.05) is 0 Å². The highest BCUT2D eigenvalue weighted by atomic mass is 35.5. The number of nitriles is 1. The maximum atomic E-state index is 11.9. The average Bonchev–Trinajstić information content (AvgIpc) is 2.49. The molecule has 0 fully saturated rings. The fourth-order valence-corrected chi connectivity index (χ4v) is 1.73. The van der Waals surface area contributed by atoms with Crippen LogP contribution in [-0.2, 0) is 0 Å². The second-order valence-corrected chi connectivity index (χ2v) is 4.48. The van der Waals surface area contributed by atoms with Crippen molar-refractivity contribution in [2.24, 2.45) is 0 Å². The third-order valence-corrected chi connectivity index (χ3v) is 2.84. The van der Waals surface area contributed by atoms with Crippen molar-refractivity contribution >= 4 is 23.6 Å². The first-order chi connectivity index (χ1) is 9.69. The molecule has 3 nitrogen and oxygen atoms in total. The quantitative estimate of drug-likeness (QED) is 0.874. The number of carbonyl (C=O) groups is 1. The Morgan fingerprint density at radius 3 is 2.35 bits per heavy atom. The molecule has 1 amide bonds. The molecule has 0 saturated heterocycles. The van der Waals surface area contributed by atoms with Gasteiger partial charge in [0.25, 0.3) is 5.91 Å². The summed E-state index contributed by atoms with van der Waals surface area (Å²) in [7, 11) is 0. The minimum absolute atomic E-state index is 0.182. The fraction of sp³-hybridized carbons (Fsp3) is 0. The van der Waals surface area contributed by atoms with Crippen molar-refractivity contribution in [3.63, 3.8) is 0 Å². The normalized spacial score (nSPS) is 10.7. The lowest BCUT2D eigenvalue weighted by atomic mass is 10.2. The van der Waals surface area contributed by atoms with Gasteiger partial charge in [-0.25, -0.2) is 0 Å². The highest BCUT2D eigenvalue weighted by molar-refractivity contribution is 6.30. The van der Waals surface area contributed by atoms with Crippen LogP contribution < -0.4 is 5.32 Å². The van der Waals surface area contributed by atoms with Gasteiger partial charge in [-0.1, -0.05) is 41.9 Å². The monoisotopic (exact) mass is 282 g/mol. The van der Waals surface area contributed by atoms with Gasteiger partial charge in [-0.2, -0.15) is 5.26 Å². The fourth-order valence-electron chi connectivity index (χ4n) is 1.61. The van der Waals surface area contributed by atoms with Gasteiger partial charge in [-0.3, -0.25) is 4.79 Å². The molecule has 0 unspecified atom stereocenters. The molecule has 0 aliphatic carbocycles. The largest absolute Gasteiger partial charge is 0.313 e. The summed E-state index contributed by atoms with van der Waals surface area (Å²) < 4.78 is 0. The number of nitrogens with one attached hydrogen (secondary N) is 1. The zero-order valence-corrected chi connectivity index (χ0v) is 11.3. The molecule has 0 aliphatic heterocycles. The van der Waals surface area contributed by atoms with Crippen molar-refractivity contribution in [1.82, 2.24) is 5.32 Å². The van der Waals surface area contributed by atoms with Crippen molar-refractivity contribution in [1.29, 1.82) is 5.26 Å². The molecule has 0 bridgehead atoms. The van der Waals surface area contributed by atoms with Crippen LogP contribution in [0.25, 0.3) is 6.08 Å². The molecule has 2 aromatic rings. The van der Waals surface area contributed by atoms with E-state index in [2.05, 4.69) is 5.32 Å². The Morgan fingerprint density at radius 2 is 1.75 bits per heavy atom. The Labute approximate surface area is 122 Å². The molecular formula is C16H11ClN2O. The molecule has 0 atom stereocenters. The molecule has 4 heteroatoms. The van der Waals surface area contributed by atoms with Crippen LogP contribution in [0, 0.1) is 11.3 Å². The van der Waals surface area contributed by atoms with E-state index in [-0.39, 0.29) is 11.6 Å². The van der Waals surface area contributed by atoms with Crippen LogP contribution in [0.4, 0.5) is 0 Å². The number of rotatable bonds is 3. The van der Waals surface area contributed by atoms with E-state index in [1.54, 1.807) is 54.6 Å². The summed E-state index contributed by atoms with van der Waals surface area (Å²) in [5, 5.41) is 12.3. The number of halogens is 1. The maximum Gasteiger partial charge on any atom is 0.256 e. The van der Waals surface area contributed by atoms with Gasteiger partial charge in [0.2, 0.25) is 0 Å². The molecule has 2 rings (SSSR count). The Bertz CT molecular complexity index is 670. The second-order valence-electron chi connectivity index (χ2n) is 4.04. The SMILES string of the molecule is N#C/C(=C/c1ccc(Cl)cc1)NC(=O)c1ccccc1.